The number of ether oxygens (including phenoxy) is 2. The van der Waals surface area contributed by atoms with Crippen LogP contribution in [0.3, 0.4) is 0 Å². The SMILES string of the molecule is COC(=O)c1ccc2c(c1)nc(-c1ccc3c(c1)n(Cc1cccc(OC)c1)c(=O)n3C(C)C)n2CC(C)C. The summed E-state index contributed by atoms with van der Waals surface area (Å²) < 4.78 is 16.2. The van der Waals surface area contributed by atoms with E-state index in [1.807, 2.05) is 65.4 Å². The molecule has 202 valence electrons. The van der Waals surface area contributed by atoms with Gasteiger partial charge in [-0.2, -0.15) is 0 Å². The second kappa shape index (κ2) is 10.4. The van der Waals surface area contributed by atoms with Gasteiger partial charge in [0, 0.05) is 18.2 Å². The number of carbonyl (C=O) groups is 1. The van der Waals surface area contributed by atoms with Crippen molar-refractivity contribution in [1.29, 1.82) is 0 Å². The maximum absolute atomic E-state index is 13.6. The molecule has 2 aromatic heterocycles. The maximum atomic E-state index is 13.6. The predicted molar refractivity (Wildman–Crippen MR) is 154 cm³/mol. The monoisotopic (exact) mass is 526 g/mol. The van der Waals surface area contributed by atoms with Crippen LogP contribution in [0.4, 0.5) is 0 Å². The van der Waals surface area contributed by atoms with Gasteiger partial charge in [0.05, 0.1) is 48.4 Å². The number of imidazole rings is 2. The first-order valence-electron chi connectivity index (χ1n) is 13.2. The molecule has 0 aliphatic rings. The molecule has 0 aliphatic heterocycles. The quantitative estimate of drug-likeness (QED) is 0.235. The number of fused-ring (bicyclic) bond motifs is 2. The van der Waals surface area contributed by atoms with E-state index in [0.717, 1.165) is 51.3 Å². The van der Waals surface area contributed by atoms with E-state index in [9.17, 15) is 9.59 Å². The van der Waals surface area contributed by atoms with Crippen LogP contribution >= 0.6 is 0 Å². The summed E-state index contributed by atoms with van der Waals surface area (Å²) in [7, 11) is 3.01. The van der Waals surface area contributed by atoms with Crippen LogP contribution in [0.15, 0.2) is 65.5 Å². The standard InChI is InChI=1S/C31H34N4O4/c1-19(2)17-33-26-12-11-23(30(36)39-6)15-25(26)32-29(33)22-10-13-27-28(16-22)34(31(37)35(27)20(3)4)18-21-8-7-9-24(14-21)38-5/h7-16,19-20H,17-18H2,1-6H3. The van der Waals surface area contributed by atoms with Crippen molar-refractivity contribution in [3.05, 3.63) is 82.3 Å². The third-order valence-electron chi connectivity index (χ3n) is 6.93. The second-order valence-corrected chi connectivity index (χ2v) is 10.5. The third-order valence-corrected chi connectivity index (χ3v) is 6.93. The van der Waals surface area contributed by atoms with Crippen LogP contribution in [-0.4, -0.2) is 38.9 Å². The van der Waals surface area contributed by atoms with Crippen molar-refractivity contribution in [3.8, 4) is 17.1 Å². The molecule has 3 aromatic carbocycles. The predicted octanol–water partition coefficient (Wildman–Crippen LogP) is 5.90. The first-order chi connectivity index (χ1) is 18.7. The van der Waals surface area contributed by atoms with E-state index in [1.165, 1.54) is 7.11 Å². The normalized spacial score (nSPS) is 11.7. The molecular formula is C31H34N4O4. The molecule has 0 spiro atoms. The Morgan fingerprint density at radius 3 is 2.36 bits per heavy atom. The van der Waals surface area contributed by atoms with Crippen molar-refractivity contribution in [1.82, 2.24) is 18.7 Å². The number of esters is 1. The van der Waals surface area contributed by atoms with Gasteiger partial charge < -0.3 is 14.0 Å². The summed E-state index contributed by atoms with van der Waals surface area (Å²) in [4.78, 5) is 30.8. The molecule has 5 aromatic rings. The highest BCUT2D eigenvalue weighted by Gasteiger charge is 2.20. The maximum Gasteiger partial charge on any atom is 0.337 e. The topological polar surface area (TPSA) is 80.3 Å². The summed E-state index contributed by atoms with van der Waals surface area (Å²) in [6, 6.07) is 19.3. The second-order valence-electron chi connectivity index (χ2n) is 10.5. The van der Waals surface area contributed by atoms with Gasteiger partial charge in [0.2, 0.25) is 0 Å². The van der Waals surface area contributed by atoms with Gasteiger partial charge in [0.1, 0.15) is 11.6 Å². The fourth-order valence-corrected chi connectivity index (χ4v) is 5.17. The molecule has 0 saturated carbocycles. The van der Waals surface area contributed by atoms with Crippen molar-refractivity contribution in [2.75, 3.05) is 14.2 Å². The van der Waals surface area contributed by atoms with Gasteiger partial charge in [-0.15, -0.1) is 0 Å². The third kappa shape index (κ3) is 4.82. The number of rotatable bonds is 8. The molecule has 0 N–H and O–H groups in total. The molecule has 0 saturated heterocycles. The molecule has 8 nitrogen and oxygen atoms in total. The van der Waals surface area contributed by atoms with E-state index >= 15 is 0 Å². The summed E-state index contributed by atoms with van der Waals surface area (Å²) in [5, 5.41) is 0. The Morgan fingerprint density at radius 1 is 0.897 bits per heavy atom. The Balaban J connectivity index is 1.71. The minimum absolute atomic E-state index is 0.000308. The fraction of sp³-hybridized carbons (Fsp3) is 0.323. The first kappa shape index (κ1) is 26.3. The molecule has 0 radical (unpaired) electrons. The van der Waals surface area contributed by atoms with Gasteiger partial charge >= 0.3 is 11.7 Å². The lowest BCUT2D eigenvalue weighted by molar-refractivity contribution is 0.0601. The molecule has 5 rings (SSSR count). The van der Waals surface area contributed by atoms with Crippen LogP contribution in [-0.2, 0) is 17.8 Å². The molecule has 0 aliphatic carbocycles. The van der Waals surface area contributed by atoms with Gasteiger partial charge in [-0.25, -0.2) is 14.6 Å². The number of carbonyl (C=O) groups excluding carboxylic acids is 1. The smallest absolute Gasteiger partial charge is 0.337 e. The molecule has 0 bridgehead atoms. The van der Waals surface area contributed by atoms with Crippen molar-refractivity contribution in [2.24, 2.45) is 5.92 Å². The molecule has 39 heavy (non-hydrogen) atoms. The van der Waals surface area contributed by atoms with E-state index in [4.69, 9.17) is 14.5 Å². The summed E-state index contributed by atoms with van der Waals surface area (Å²) >= 11 is 0. The zero-order valence-corrected chi connectivity index (χ0v) is 23.3. The molecule has 2 heterocycles. The lowest BCUT2D eigenvalue weighted by atomic mass is 10.1. The summed E-state index contributed by atoms with van der Waals surface area (Å²) in [5.74, 6) is 1.52. The Kier molecular flexibility index (Phi) is 7.04. The van der Waals surface area contributed by atoms with Crippen LogP contribution in [0.1, 0.15) is 49.7 Å². The van der Waals surface area contributed by atoms with Gasteiger partial charge in [-0.3, -0.25) is 9.13 Å². The number of benzene rings is 3. The Bertz CT molecular complexity index is 1740. The van der Waals surface area contributed by atoms with Crippen LogP contribution < -0.4 is 10.4 Å². The highest BCUT2D eigenvalue weighted by molar-refractivity contribution is 5.94. The first-order valence-corrected chi connectivity index (χ1v) is 13.2. The van der Waals surface area contributed by atoms with E-state index in [1.54, 1.807) is 19.2 Å². The van der Waals surface area contributed by atoms with Crippen molar-refractivity contribution < 1.29 is 14.3 Å². The van der Waals surface area contributed by atoms with E-state index < -0.39 is 5.97 Å². The molecule has 0 unspecified atom stereocenters. The molecule has 0 fully saturated rings. The van der Waals surface area contributed by atoms with E-state index in [0.29, 0.717) is 18.0 Å². The van der Waals surface area contributed by atoms with E-state index in [2.05, 4.69) is 24.5 Å². The molecule has 0 amide bonds. The van der Waals surface area contributed by atoms with Gasteiger partial charge in [-0.05, 0) is 73.9 Å². The Hall–Kier alpha value is -4.33. The molecular weight excluding hydrogens is 492 g/mol. The minimum Gasteiger partial charge on any atom is -0.497 e. The van der Waals surface area contributed by atoms with Crippen LogP contribution in [0.25, 0.3) is 33.5 Å². The highest BCUT2D eigenvalue weighted by atomic mass is 16.5. The van der Waals surface area contributed by atoms with Crippen molar-refractivity contribution in [2.45, 2.75) is 46.8 Å². The Labute approximate surface area is 227 Å². The lowest BCUT2D eigenvalue weighted by Crippen LogP contribution is -2.25. The van der Waals surface area contributed by atoms with Gasteiger partial charge in [0.15, 0.2) is 0 Å². The average molecular weight is 527 g/mol. The van der Waals surface area contributed by atoms with Crippen LogP contribution in [0.2, 0.25) is 0 Å². The highest BCUT2D eigenvalue weighted by Crippen LogP contribution is 2.30. The van der Waals surface area contributed by atoms with Gasteiger partial charge in [0.25, 0.3) is 0 Å². The zero-order valence-electron chi connectivity index (χ0n) is 23.3. The molecule has 8 heteroatoms. The van der Waals surface area contributed by atoms with Crippen molar-refractivity contribution >= 4 is 28.0 Å². The largest absolute Gasteiger partial charge is 0.497 e. The molecule has 0 atom stereocenters. The number of hydrogen-bond donors (Lipinski definition) is 0. The summed E-state index contributed by atoms with van der Waals surface area (Å²) in [6.07, 6.45) is 0. The minimum atomic E-state index is -0.394. The number of hydrogen-bond acceptors (Lipinski definition) is 5. The summed E-state index contributed by atoms with van der Waals surface area (Å²) in [5.41, 5.74) is 5.67. The average Bonchev–Trinajstić information content (AvgIpc) is 3.41. The van der Waals surface area contributed by atoms with Crippen LogP contribution in [0, 0.1) is 5.92 Å². The fourth-order valence-electron chi connectivity index (χ4n) is 5.17. The van der Waals surface area contributed by atoms with Crippen LogP contribution in [0.5, 0.6) is 5.75 Å². The summed E-state index contributed by atoms with van der Waals surface area (Å²) in [6.45, 7) is 9.54. The Morgan fingerprint density at radius 2 is 1.67 bits per heavy atom. The zero-order chi connectivity index (χ0) is 27.8. The van der Waals surface area contributed by atoms with Crippen molar-refractivity contribution in [3.63, 3.8) is 0 Å². The lowest BCUT2D eigenvalue weighted by Gasteiger charge is -2.13. The van der Waals surface area contributed by atoms with Gasteiger partial charge in [-0.1, -0.05) is 26.0 Å². The number of nitrogens with zero attached hydrogens (tertiary/aromatic N) is 4. The van der Waals surface area contributed by atoms with E-state index in [-0.39, 0.29) is 11.7 Å². The number of methoxy groups -OCH3 is 2. The number of aromatic nitrogens is 4.